The zero-order valence-corrected chi connectivity index (χ0v) is 11.3. The molecule has 0 bridgehead atoms. The molecule has 0 saturated carbocycles. The van der Waals surface area contributed by atoms with E-state index in [4.69, 9.17) is 14.6 Å². The van der Waals surface area contributed by atoms with Gasteiger partial charge >= 0.3 is 6.18 Å². The van der Waals surface area contributed by atoms with Crippen molar-refractivity contribution >= 4 is 0 Å². The lowest BCUT2D eigenvalue weighted by Gasteiger charge is -2.39. The summed E-state index contributed by atoms with van der Waals surface area (Å²) < 4.78 is 48.5. The highest BCUT2D eigenvalue weighted by atomic mass is 19.4. The van der Waals surface area contributed by atoms with Gasteiger partial charge in [0, 0.05) is 13.1 Å². The van der Waals surface area contributed by atoms with Gasteiger partial charge < -0.3 is 29.9 Å². The minimum absolute atomic E-state index is 0.487. The van der Waals surface area contributed by atoms with Crippen molar-refractivity contribution in [3.8, 4) is 5.88 Å². The highest BCUT2D eigenvalue weighted by Gasteiger charge is 2.45. The summed E-state index contributed by atoms with van der Waals surface area (Å²) >= 11 is 0. The van der Waals surface area contributed by atoms with Crippen LogP contribution in [0.1, 0.15) is 5.69 Å². The Kier molecular flexibility index (Phi) is 4.63. The molecule has 1 saturated heterocycles. The minimum Gasteiger partial charge on any atom is -0.444 e. The fourth-order valence-corrected chi connectivity index (χ4v) is 2.05. The highest BCUT2D eigenvalue weighted by Crippen LogP contribution is 2.32. The third-order valence-corrected chi connectivity index (χ3v) is 3.23. The molecule has 4 N–H and O–H groups in total. The van der Waals surface area contributed by atoms with E-state index < -0.39 is 55.1 Å². The normalized spacial score (nSPS) is 33.0. The van der Waals surface area contributed by atoms with Gasteiger partial charge in [-0.05, 0) is 0 Å². The number of aliphatic hydroxyl groups is 4. The summed E-state index contributed by atoms with van der Waals surface area (Å²) in [7, 11) is 1.06. The van der Waals surface area contributed by atoms with Crippen molar-refractivity contribution in [3.05, 3.63) is 11.8 Å². The van der Waals surface area contributed by atoms with Crippen LogP contribution in [0, 0.1) is 0 Å². The fraction of sp³-hybridized carbons (Fsp3) is 0.727. The van der Waals surface area contributed by atoms with Crippen LogP contribution >= 0.6 is 0 Å². The van der Waals surface area contributed by atoms with Crippen LogP contribution in [0.15, 0.2) is 6.07 Å². The van der Waals surface area contributed by atoms with Crippen LogP contribution < -0.4 is 4.74 Å². The van der Waals surface area contributed by atoms with Crippen LogP contribution in [0.4, 0.5) is 13.2 Å². The Bertz CT molecular complexity index is 520. The van der Waals surface area contributed by atoms with Gasteiger partial charge in [0.2, 0.25) is 12.2 Å². The van der Waals surface area contributed by atoms with Gasteiger partial charge in [-0.1, -0.05) is 0 Å². The molecular weight excluding hydrogens is 313 g/mol. The summed E-state index contributed by atoms with van der Waals surface area (Å²) in [5.74, 6) is -0.487. The van der Waals surface area contributed by atoms with Gasteiger partial charge in [-0.2, -0.15) is 13.2 Å². The monoisotopic (exact) mass is 328 g/mol. The van der Waals surface area contributed by atoms with E-state index in [1.165, 1.54) is 0 Å². The standard InChI is InChI=1S/C11H15F3N2O6/c1-16-5(11(12,13)14)2-6(15-16)22-10-9(20)8(19)7(18)4(3-17)21-10/h2,4,7-10,17-20H,3H2,1H3/t4-,7-,8+,9-,10+/m1/s1. The topological polar surface area (TPSA) is 117 Å². The molecule has 1 aliphatic heterocycles. The Morgan fingerprint density at radius 2 is 1.91 bits per heavy atom. The molecule has 1 aliphatic rings. The Morgan fingerprint density at radius 1 is 1.27 bits per heavy atom. The first-order chi connectivity index (χ1) is 10.1. The second-order valence-corrected chi connectivity index (χ2v) is 4.80. The number of nitrogens with zero attached hydrogens (tertiary/aromatic N) is 2. The summed E-state index contributed by atoms with van der Waals surface area (Å²) in [6, 6.07) is 0.599. The molecule has 0 unspecified atom stereocenters. The molecule has 0 aromatic carbocycles. The molecule has 5 atom stereocenters. The highest BCUT2D eigenvalue weighted by molar-refractivity contribution is 5.18. The first-order valence-electron chi connectivity index (χ1n) is 6.23. The molecule has 2 heterocycles. The Morgan fingerprint density at radius 3 is 2.41 bits per heavy atom. The van der Waals surface area contributed by atoms with Gasteiger partial charge in [0.15, 0.2) is 0 Å². The number of aliphatic hydroxyl groups excluding tert-OH is 4. The van der Waals surface area contributed by atoms with Crippen molar-refractivity contribution in [2.75, 3.05) is 6.61 Å². The predicted octanol–water partition coefficient (Wildman–Crippen LogP) is -1.38. The van der Waals surface area contributed by atoms with E-state index in [0.29, 0.717) is 10.7 Å². The zero-order valence-electron chi connectivity index (χ0n) is 11.3. The number of halogens is 3. The Hall–Kier alpha value is -1.40. The maximum atomic E-state index is 12.6. The number of alkyl halides is 3. The van der Waals surface area contributed by atoms with E-state index in [0.717, 1.165) is 7.05 Å². The van der Waals surface area contributed by atoms with Crippen molar-refractivity contribution in [2.24, 2.45) is 7.05 Å². The third kappa shape index (κ3) is 3.17. The first kappa shape index (κ1) is 17.0. The Balaban J connectivity index is 2.16. The lowest BCUT2D eigenvalue weighted by molar-refractivity contribution is -0.278. The van der Waals surface area contributed by atoms with E-state index in [2.05, 4.69) is 5.10 Å². The van der Waals surface area contributed by atoms with Crippen LogP contribution in [-0.2, 0) is 18.0 Å². The van der Waals surface area contributed by atoms with Crippen molar-refractivity contribution < 1.29 is 43.1 Å². The molecule has 1 aromatic heterocycles. The summed E-state index contributed by atoms with van der Waals surface area (Å²) in [5.41, 5.74) is -1.08. The van der Waals surface area contributed by atoms with Gasteiger partial charge in [-0.15, -0.1) is 5.10 Å². The number of ether oxygens (including phenoxy) is 2. The molecule has 2 rings (SSSR count). The molecule has 1 aromatic rings. The van der Waals surface area contributed by atoms with E-state index >= 15 is 0 Å². The lowest BCUT2D eigenvalue weighted by Crippen LogP contribution is -2.60. The molecule has 22 heavy (non-hydrogen) atoms. The third-order valence-electron chi connectivity index (χ3n) is 3.23. The second-order valence-electron chi connectivity index (χ2n) is 4.80. The van der Waals surface area contributed by atoms with E-state index in [1.807, 2.05) is 0 Å². The quantitative estimate of drug-likeness (QED) is 0.540. The summed E-state index contributed by atoms with van der Waals surface area (Å²) in [6.45, 7) is -0.680. The second kappa shape index (κ2) is 6.01. The number of hydrogen-bond acceptors (Lipinski definition) is 7. The van der Waals surface area contributed by atoms with Crippen molar-refractivity contribution in [2.45, 2.75) is 36.9 Å². The smallest absolute Gasteiger partial charge is 0.433 e. The van der Waals surface area contributed by atoms with E-state index in [1.54, 1.807) is 0 Å². The van der Waals surface area contributed by atoms with Crippen LogP contribution in [-0.4, -0.2) is 67.5 Å². The minimum atomic E-state index is -4.64. The molecule has 11 heteroatoms. The molecule has 0 amide bonds. The SMILES string of the molecule is Cn1nc(O[C@@H]2O[C@H](CO)[C@@H](O)[C@H](O)[C@H]2O)cc1C(F)(F)F. The van der Waals surface area contributed by atoms with Gasteiger partial charge in [0.05, 0.1) is 6.61 Å². The zero-order chi connectivity index (χ0) is 16.7. The largest absolute Gasteiger partial charge is 0.444 e. The average Bonchev–Trinajstić information content (AvgIpc) is 2.80. The average molecular weight is 328 g/mol. The van der Waals surface area contributed by atoms with E-state index in [9.17, 15) is 28.5 Å². The van der Waals surface area contributed by atoms with E-state index in [-0.39, 0.29) is 0 Å². The molecule has 1 fully saturated rings. The van der Waals surface area contributed by atoms with Crippen LogP contribution in [0.5, 0.6) is 5.88 Å². The van der Waals surface area contributed by atoms with Crippen LogP contribution in [0.25, 0.3) is 0 Å². The summed E-state index contributed by atoms with van der Waals surface area (Å²) in [5, 5.41) is 41.3. The van der Waals surface area contributed by atoms with Gasteiger partial charge in [-0.3, -0.25) is 4.68 Å². The van der Waals surface area contributed by atoms with Crippen molar-refractivity contribution in [1.29, 1.82) is 0 Å². The van der Waals surface area contributed by atoms with Gasteiger partial charge in [-0.25, -0.2) is 0 Å². The number of hydrogen-bond donors (Lipinski definition) is 4. The molecule has 0 spiro atoms. The van der Waals surface area contributed by atoms with Crippen molar-refractivity contribution in [3.63, 3.8) is 0 Å². The number of aromatic nitrogens is 2. The molecule has 0 aliphatic carbocycles. The Labute approximate surface area is 122 Å². The van der Waals surface area contributed by atoms with Crippen LogP contribution in [0.2, 0.25) is 0 Å². The van der Waals surface area contributed by atoms with Gasteiger partial charge in [0.1, 0.15) is 30.1 Å². The first-order valence-corrected chi connectivity index (χ1v) is 6.23. The van der Waals surface area contributed by atoms with Crippen LogP contribution in [0.3, 0.4) is 0 Å². The molecule has 8 nitrogen and oxygen atoms in total. The predicted molar refractivity (Wildman–Crippen MR) is 62.6 cm³/mol. The lowest BCUT2D eigenvalue weighted by atomic mass is 9.99. The van der Waals surface area contributed by atoms with Crippen molar-refractivity contribution in [1.82, 2.24) is 9.78 Å². The maximum absolute atomic E-state index is 12.6. The fourth-order valence-electron chi connectivity index (χ4n) is 2.05. The number of aryl methyl sites for hydroxylation is 1. The maximum Gasteiger partial charge on any atom is 0.433 e. The number of rotatable bonds is 3. The van der Waals surface area contributed by atoms with Gasteiger partial charge in [0.25, 0.3) is 0 Å². The molecular formula is C11H15F3N2O6. The summed E-state index contributed by atoms with van der Waals surface area (Å²) in [6.07, 6.45) is -12.5. The molecule has 126 valence electrons. The summed E-state index contributed by atoms with van der Waals surface area (Å²) in [4.78, 5) is 0. The molecule has 0 radical (unpaired) electrons.